The van der Waals surface area contributed by atoms with Gasteiger partial charge in [-0.3, -0.25) is 9.48 Å². The first-order chi connectivity index (χ1) is 7.65. The molecule has 0 aliphatic heterocycles. The quantitative estimate of drug-likeness (QED) is 0.739. The maximum Gasteiger partial charge on any atom is 0.201 e. The number of hydrogen-bond acceptors (Lipinski definition) is 4. The van der Waals surface area contributed by atoms with Crippen LogP contribution in [0.4, 0.5) is 0 Å². The summed E-state index contributed by atoms with van der Waals surface area (Å²) in [6.45, 7) is 4.55. The molecule has 2 N–H and O–H groups in total. The summed E-state index contributed by atoms with van der Waals surface area (Å²) in [6, 6.07) is -0.471. The number of carbonyl (C=O) groups excluding carboxylic acids is 1. The highest BCUT2D eigenvalue weighted by molar-refractivity contribution is 6.00. The second kappa shape index (κ2) is 5.65. The summed E-state index contributed by atoms with van der Waals surface area (Å²) in [6.07, 6.45) is 3.11. The fourth-order valence-electron chi connectivity index (χ4n) is 1.62. The number of hydrogen-bond donors (Lipinski definition) is 1. The van der Waals surface area contributed by atoms with Crippen LogP contribution < -0.4 is 10.5 Å². The van der Waals surface area contributed by atoms with E-state index < -0.39 is 6.04 Å². The summed E-state index contributed by atoms with van der Waals surface area (Å²) < 4.78 is 6.74. The molecule has 0 aliphatic rings. The molecule has 1 aromatic heterocycles. The first-order valence-corrected chi connectivity index (χ1v) is 5.55. The number of aryl methyl sites for hydroxylation is 1. The third-order valence-corrected chi connectivity index (χ3v) is 2.50. The summed E-state index contributed by atoms with van der Waals surface area (Å²) in [5, 5.41) is 4.08. The number of aromatic nitrogens is 2. The number of carbonyl (C=O) groups is 1. The molecule has 0 saturated heterocycles. The predicted octanol–water partition coefficient (Wildman–Crippen LogP) is 1.22. The number of rotatable bonds is 6. The van der Waals surface area contributed by atoms with Gasteiger partial charge < -0.3 is 10.5 Å². The Hall–Kier alpha value is -1.36. The van der Waals surface area contributed by atoms with Gasteiger partial charge in [-0.2, -0.15) is 5.10 Å². The van der Waals surface area contributed by atoms with Gasteiger partial charge in [-0.05, 0) is 13.3 Å². The van der Waals surface area contributed by atoms with Gasteiger partial charge in [0, 0.05) is 6.54 Å². The smallest absolute Gasteiger partial charge is 0.201 e. The summed E-state index contributed by atoms with van der Waals surface area (Å²) in [4.78, 5) is 12.1. The Labute approximate surface area is 95.6 Å². The normalized spacial score (nSPS) is 12.5. The summed E-state index contributed by atoms with van der Waals surface area (Å²) in [5.74, 6) is 0.399. The molecule has 0 aliphatic carbocycles. The zero-order chi connectivity index (χ0) is 12.1. The van der Waals surface area contributed by atoms with E-state index in [9.17, 15) is 4.79 Å². The first-order valence-electron chi connectivity index (χ1n) is 5.55. The monoisotopic (exact) mass is 225 g/mol. The van der Waals surface area contributed by atoms with Crippen LogP contribution in [0.1, 0.15) is 37.2 Å². The zero-order valence-electron chi connectivity index (χ0n) is 10.1. The zero-order valence-corrected chi connectivity index (χ0v) is 10.1. The molecule has 1 rings (SSSR count). The average Bonchev–Trinajstić information content (AvgIpc) is 2.70. The summed E-state index contributed by atoms with van der Waals surface area (Å²) in [5.41, 5.74) is 6.30. The van der Waals surface area contributed by atoms with Crippen LogP contribution >= 0.6 is 0 Å². The van der Waals surface area contributed by atoms with E-state index in [-0.39, 0.29) is 5.78 Å². The molecule has 0 spiro atoms. The summed E-state index contributed by atoms with van der Waals surface area (Å²) in [7, 11) is 1.53. The fraction of sp³-hybridized carbons (Fsp3) is 0.636. The van der Waals surface area contributed by atoms with E-state index in [1.54, 1.807) is 10.9 Å². The molecule has 0 amide bonds. The SMILES string of the molecule is CCCC(N)C(=O)c1c(OC)cnn1CC. The van der Waals surface area contributed by atoms with Gasteiger partial charge in [0.25, 0.3) is 0 Å². The Morgan fingerprint density at radius 2 is 2.31 bits per heavy atom. The molecule has 16 heavy (non-hydrogen) atoms. The highest BCUT2D eigenvalue weighted by Crippen LogP contribution is 2.19. The molecular weight excluding hydrogens is 206 g/mol. The van der Waals surface area contributed by atoms with Crippen LogP contribution in [-0.2, 0) is 6.54 Å². The predicted molar refractivity (Wildman–Crippen MR) is 61.7 cm³/mol. The van der Waals surface area contributed by atoms with Crippen LogP contribution in [0, 0.1) is 0 Å². The number of nitrogens with zero attached hydrogens (tertiary/aromatic N) is 2. The van der Waals surface area contributed by atoms with Gasteiger partial charge in [0.15, 0.2) is 5.75 Å². The minimum absolute atomic E-state index is 0.0990. The van der Waals surface area contributed by atoms with Crippen molar-refractivity contribution in [2.45, 2.75) is 39.3 Å². The van der Waals surface area contributed by atoms with E-state index in [4.69, 9.17) is 10.5 Å². The van der Waals surface area contributed by atoms with E-state index >= 15 is 0 Å². The average molecular weight is 225 g/mol. The van der Waals surface area contributed by atoms with Crippen molar-refractivity contribution in [3.8, 4) is 5.75 Å². The van der Waals surface area contributed by atoms with E-state index in [0.29, 0.717) is 24.4 Å². The lowest BCUT2D eigenvalue weighted by Crippen LogP contribution is -2.32. The van der Waals surface area contributed by atoms with Crippen molar-refractivity contribution in [3.05, 3.63) is 11.9 Å². The van der Waals surface area contributed by atoms with E-state index in [1.807, 2.05) is 13.8 Å². The van der Waals surface area contributed by atoms with Crippen molar-refractivity contribution in [3.63, 3.8) is 0 Å². The Kier molecular flexibility index (Phi) is 4.49. The van der Waals surface area contributed by atoms with Crippen molar-refractivity contribution < 1.29 is 9.53 Å². The Bertz CT molecular complexity index is 339. The van der Waals surface area contributed by atoms with Gasteiger partial charge in [-0.25, -0.2) is 0 Å². The van der Waals surface area contributed by atoms with E-state index in [2.05, 4.69) is 5.10 Å². The molecule has 0 saturated carbocycles. The van der Waals surface area contributed by atoms with Gasteiger partial charge in [0.05, 0.1) is 19.3 Å². The third-order valence-electron chi connectivity index (χ3n) is 2.50. The van der Waals surface area contributed by atoms with E-state index in [1.165, 1.54) is 7.11 Å². The second-order valence-corrected chi connectivity index (χ2v) is 3.64. The van der Waals surface area contributed by atoms with Crippen molar-refractivity contribution in [1.29, 1.82) is 0 Å². The second-order valence-electron chi connectivity index (χ2n) is 3.64. The molecule has 0 radical (unpaired) electrons. The van der Waals surface area contributed by atoms with Gasteiger partial charge in [0.1, 0.15) is 5.69 Å². The molecule has 1 aromatic rings. The largest absolute Gasteiger partial charge is 0.493 e. The lowest BCUT2D eigenvalue weighted by molar-refractivity contribution is 0.0943. The molecule has 1 heterocycles. The molecule has 0 bridgehead atoms. The van der Waals surface area contributed by atoms with Gasteiger partial charge >= 0.3 is 0 Å². The lowest BCUT2D eigenvalue weighted by Gasteiger charge is -2.11. The van der Waals surface area contributed by atoms with Crippen LogP contribution in [0.5, 0.6) is 5.75 Å². The van der Waals surface area contributed by atoms with Crippen LogP contribution in [0.3, 0.4) is 0 Å². The van der Waals surface area contributed by atoms with Gasteiger partial charge in [-0.1, -0.05) is 13.3 Å². The summed E-state index contributed by atoms with van der Waals surface area (Å²) >= 11 is 0. The number of Topliss-reactive ketones (excluding diaryl/α,β-unsaturated/α-hetero) is 1. The number of ketones is 1. The first kappa shape index (κ1) is 12.7. The van der Waals surface area contributed by atoms with Crippen LogP contribution in [0.25, 0.3) is 0 Å². The fourth-order valence-corrected chi connectivity index (χ4v) is 1.62. The molecular formula is C11H19N3O2. The molecule has 90 valence electrons. The Morgan fingerprint density at radius 1 is 1.62 bits per heavy atom. The number of nitrogens with two attached hydrogens (primary N) is 1. The molecule has 0 fully saturated rings. The van der Waals surface area contributed by atoms with Crippen molar-refractivity contribution in [2.75, 3.05) is 7.11 Å². The number of ether oxygens (including phenoxy) is 1. The standard InChI is InChI=1S/C11H19N3O2/c1-4-6-8(12)11(15)10-9(16-3)7-13-14(10)5-2/h7-8H,4-6,12H2,1-3H3. The minimum atomic E-state index is -0.471. The topological polar surface area (TPSA) is 70.1 Å². The van der Waals surface area contributed by atoms with Crippen LogP contribution in [0.15, 0.2) is 6.20 Å². The molecule has 1 unspecified atom stereocenters. The van der Waals surface area contributed by atoms with Crippen molar-refractivity contribution in [2.24, 2.45) is 5.73 Å². The van der Waals surface area contributed by atoms with Crippen molar-refractivity contribution in [1.82, 2.24) is 9.78 Å². The van der Waals surface area contributed by atoms with Gasteiger partial charge in [0.2, 0.25) is 5.78 Å². The molecule has 5 nitrogen and oxygen atoms in total. The third kappa shape index (κ3) is 2.41. The molecule has 0 aromatic carbocycles. The maximum absolute atomic E-state index is 12.1. The molecule has 5 heteroatoms. The Balaban J connectivity index is 3.00. The molecule has 1 atom stereocenters. The van der Waals surface area contributed by atoms with E-state index in [0.717, 1.165) is 6.42 Å². The highest BCUT2D eigenvalue weighted by Gasteiger charge is 2.23. The minimum Gasteiger partial charge on any atom is -0.493 e. The number of methoxy groups -OCH3 is 1. The van der Waals surface area contributed by atoms with Crippen LogP contribution in [-0.4, -0.2) is 28.7 Å². The highest BCUT2D eigenvalue weighted by atomic mass is 16.5. The van der Waals surface area contributed by atoms with Crippen LogP contribution in [0.2, 0.25) is 0 Å². The van der Waals surface area contributed by atoms with Gasteiger partial charge in [-0.15, -0.1) is 0 Å². The Morgan fingerprint density at radius 3 is 2.81 bits per heavy atom. The van der Waals surface area contributed by atoms with Crippen molar-refractivity contribution >= 4 is 5.78 Å². The maximum atomic E-state index is 12.1. The lowest BCUT2D eigenvalue weighted by atomic mass is 10.1.